The monoisotopic (exact) mass is 333 g/mol. The van der Waals surface area contributed by atoms with E-state index in [-0.39, 0.29) is 12.4 Å². The Bertz CT molecular complexity index is 654. The number of amides is 1. The summed E-state index contributed by atoms with van der Waals surface area (Å²) in [5.74, 6) is -0.375. The van der Waals surface area contributed by atoms with Crippen LogP contribution in [0.25, 0.3) is 6.08 Å². The van der Waals surface area contributed by atoms with Crippen molar-refractivity contribution in [3.63, 3.8) is 0 Å². The van der Waals surface area contributed by atoms with Gasteiger partial charge in [0.25, 0.3) is 0 Å². The van der Waals surface area contributed by atoms with Gasteiger partial charge in [-0.2, -0.15) is 0 Å². The van der Waals surface area contributed by atoms with Gasteiger partial charge in [-0.1, -0.05) is 54.1 Å². The largest absolute Gasteiger partial charge is 0.445 e. The molecule has 23 heavy (non-hydrogen) atoms. The molecule has 0 saturated carbocycles. The van der Waals surface area contributed by atoms with E-state index in [0.29, 0.717) is 23.6 Å². The van der Waals surface area contributed by atoms with Crippen LogP contribution in [-0.2, 0) is 11.3 Å². The Morgan fingerprint density at radius 1 is 1.22 bits per heavy atom. The number of hydrogen-bond acceptors (Lipinski definition) is 2. The zero-order valence-electron chi connectivity index (χ0n) is 12.5. The topological polar surface area (TPSA) is 38.3 Å². The first-order chi connectivity index (χ1) is 11.1. The first kappa shape index (κ1) is 17.0. The van der Waals surface area contributed by atoms with Gasteiger partial charge in [0.05, 0.1) is 0 Å². The van der Waals surface area contributed by atoms with E-state index in [4.69, 9.17) is 16.3 Å². The zero-order valence-corrected chi connectivity index (χ0v) is 13.2. The van der Waals surface area contributed by atoms with Crippen LogP contribution in [0.3, 0.4) is 0 Å². The average Bonchev–Trinajstić information content (AvgIpc) is 2.53. The Balaban J connectivity index is 1.66. The molecule has 1 amide bonds. The Morgan fingerprint density at radius 3 is 2.74 bits per heavy atom. The lowest BCUT2D eigenvalue weighted by atomic mass is 10.2. The highest BCUT2D eigenvalue weighted by atomic mass is 35.5. The van der Waals surface area contributed by atoms with Crippen LogP contribution in [0, 0.1) is 5.82 Å². The third-order valence-electron chi connectivity index (χ3n) is 2.99. The van der Waals surface area contributed by atoms with Crippen molar-refractivity contribution in [3.8, 4) is 0 Å². The highest BCUT2D eigenvalue weighted by molar-refractivity contribution is 6.30. The molecule has 0 unspecified atom stereocenters. The second kappa shape index (κ2) is 8.96. The Kier molecular flexibility index (Phi) is 6.63. The lowest BCUT2D eigenvalue weighted by Gasteiger charge is -2.05. The van der Waals surface area contributed by atoms with Gasteiger partial charge in [0.1, 0.15) is 12.4 Å². The first-order valence-electron chi connectivity index (χ1n) is 7.20. The molecule has 120 valence electrons. The van der Waals surface area contributed by atoms with Crippen LogP contribution in [0.1, 0.15) is 17.5 Å². The number of carbonyl (C=O) groups excluding carboxylic acids is 1. The number of carbonyl (C=O) groups is 1. The molecule has 5 heteroatoms. The number of ether oxygens (including phenoxy) is 1. The molecule has 0 spiro atoms. The smallest absolute Gasteiger partial charge is 0.407 e. The molecule has 0 aliphatic rings. The summed E-state index contributed by atoms with van der Waals surface area (Å²) in [6.45, 7) is 0.678. The minimum absolute atomic E-state index is 0.240. The maximum atomic E-state index is 13.1. The molecule has 3 nitrogen and oxygen atoms in total. The lowest BCUT2D eigenvalue weighted by Crippen LogP contribution is -2.24. The van der Waals surface area contributed by atoms with Crippen LogP contribution >= 0.6 is 11.6 Å². The van der Waals surface area contributed by atoms with Crippen molar-refractivity contribution in [1.29, 1.82) is 0 Å². The van der Waals surface area contributed by atoms with Crippen LogP contribution < -0.4 is 5.32 Å². The third kappa shape index (κ3) is 6.53. The van der Waals surface area contributed by atoms with Crippen LogP contribution in [0.15, 0.2) is 54.6 Å². The predicted molar refractivity (Wildman–Crippen MR) is 89.7 cm³/mol. The molecular formula is C18H17ClFNO2. The first-order valence-corrected chi connectivity index (χ1v) is 7.58. The number of halogens is 2. The van der Waals surface area contributed by atoms with Crippen LogP contribution in [0.5, 0.6) is 0 Å². The zero-order chi connectivity index (χ0) is 16.5. The van der Waals surface area contributed by atoms with Crippen molar-refractivity contribution >= 4 is 23.8 Å². The summed E-state index contributed by atoms with van der Waals surface area (Å²) in [5.41, 5.74) is 1.62. The van der Waals surface area contributed by atoms with E-state index in [9.17, 15) is 9.18 Å². The van der Waals surface area contributed by atoms with E-state index >= 15 is 0 Å². The molecule has 2 aromatic carbocycles. The number of alkyl carbamates (subject to hydrolysis) is 1. The van der Waals surface area contributed by atoms with Gasteiger partial charge in [-0.3, -0.25) is 0 Å². The highest BCUT2D eigenvalue weighted by Gasteiger charge is 2.01. The Hall–Kier alpha value is -2.33. The van der Waals surface area contributed by atoms with E-state index in [1.165, 1.54) is 12.1 Å². The van der Waals surface area contributed by atoms with E-state index in [0.717, 1.165) is 5.56 Å². The summed E-state index contributed by atoms with van der Waals surface area (Å²) in [6, 6.07) is 13.8. The minimum Gasteiger partial charge on any atom is -0.445 e. The highest BCUT2D eigenvalue weighted by Crippen LogP contribution is 2.15. The fraction of sp³-hybridized carbons (Fsp3) is 0.167. The standard InChI is InChI=1S/C18H17ClFNO2/c19-16-10-15(11-17(20)12-16)8-4-5-9-21-18(22)23-13-14-6-2-1-3-7-14/h1-4,6-8,10-12H,5,9,13H2,(H,21,22). The normalized spacial score (nSPS) is 10.7. The molecule has 1 N–H and O–H groups in total. The van der Waals surface area contributed by atoms with E-state index in [1.54, 1.807) is 12.1 Å². The van der Waals surface area contributed by atoms with Crippen molar-refractivity contribution in [2.75, 3.05) is 6.54 Å². The van der Waals surface area contributed by atoms with E-state index in [2.05, 4.69) is 5.32 Å². The Morgan fingerprint density at radius 2 is 2.00 bits per heavy atom. The summed E-state index contributed by atoms with van der Waals surface area (Å²) in [4.78, 5) is 11.5. The Labute approximate surface area is 139 Å². The van der Waals surface area contributed by atoms with Crippen molar-refractivity contribution in [2.45, 2.75) is 13.0 Å². The quantitative estimate of drug-likeness (QED) is 0.770. The van der Waals surface area contributed by atoms with Crippen LogP contribution in [0.4, 0.5) is 9.18 Å². The molecule has 0 bridgehead atoms. The van der Waals surface area contributed by atoms with Crippen LogP contribution in [-0.4, -0.2) is 12.6 Å². The number of nitrogens with one attached hydrogen (secondary N) is 1. The summed E-state index contributed by atoms with van der Waals surface area (Å²) in [5, 5.41) is 3.00. The summed E-state index contributed by atoms with van der Waals surface area (Å²) >= 11 is 5.77. The van der Waals surface area contributed by atoms with Crippen molar-refractivity contribution in [1.82, 2.24) is 5.32 Å². The minimum atomic E-state index is -0.462. The molecule has 0 heterocycles. The molecule has 0 radical (unpaired) electrons. The van der Waals surface area contributed by atoms with Gasteiger partial charge in [-0.15, -0.1) is 0 Å². The molecular weight excluding hydrogens is 317 g/mol. The van der Waals surface area contributed by atoms with Crippen molar-refractivity contribution in [2.24, 2.45) is 0 Å². The number of rotatable bonds is 6. The maximum Gasteiger partial charge on any atom is 0.407 e. The number of benzene rings is 2. The predicted octanol–water partition coefficient (Wildman–Crippen LogP) is 4.81. The van der Waals surface area contributed by atoms with Gasteiger partial charge in [0, 0.05) is 11.6 Å². The summed E-state index contributed by atoms with van der Waals surface area (Å²) < 4.78 is 18.2. The second-order valence-electron chi connectivity index (χ2n) is 4.88. The second-order valence-corrected chi connectivity index (χ2v) is 5.32. The van der Waals surface area contributed by atoms with Gasteiger partial charge in [-0.05, 0) is 35.7 Å². The summed E-state index contributed by atoms with van der Waals surface area (Å²) in [6.07, 6.45) is 3.74. The lowest BCUT2D eigenvalue weighted by molar-refractivity contribution is 0.140. The fourth-order valence-corrected chi connectivity index (χ4v) is 2.15. The summed E-state index contributed by atoms with van der Waals surface area (Å²) in [7, 11) is 0. The van der Waals surface area contributed by atoms with Crippen molar-refractivity contribution in [3.05, 3.63) is 76.6 Å². The molecule has 2 aromatic rings. The molecule has 0 atom stereocenters. The van der Waals surface area contributed by atoms with E-state index in [1.807, 2.05) is 36.4 Å². The number of hydrogen-bond donors (Lipinski definition) is 1. The average molecular weight is 334 g/mol. The van der Waals surface area contributed by atoms with E-state index < -0.39 is 6.09 Å². The van der Waals surface area contributed by atoms with Gasteiger partial charge >= 0.3 is 6.09 Å². The molecule has 0 aliphatic carbocycles. The maximum absolute atomic E-state index is 13.1. The fourth-order valence-electron chi connectivity index (χ4n) is 1.92. The van der Waals surface area contributed by atoms with Gasteiger partial charge in [0.2, 0.25) is 0 Å². The van der Waals surface area contributed by atoms with Gasteiger partial charge in [0.15, 0.2) is 0 Å². The van der Waals surface area contributed by atoms with Crippen molar-refractivity contribution < 1.29 is 13.9 Å². The van der Waals surface area contributed by atoms with Gasteiger partial charge in [-0.25, -0.2) is 9.18 Å². The SMILES string of the molecule is O=C(NCCC=Cc1cc(F)cc(Cl)c1)OCc1ccccc1. The van der Waals surface area contributed by atoms with Gasteiger partial charge < -0.3 is 10.1 Å². The molecule has 0 saturated heterocycles. The molecule has 2 rings (SSSR count). The van der Waals surface area contributed by atoms with Crippen LogP contribution in [0.2, 0.25) is 5.02 Å². The third-order valence-corrected chi connectivity index (χ3v) is 3.21. The molecule has 0 aliphatic heterocycles. The molecule has 0 aromatic heterocycles. The molecule has 0 fully saturated rings.